The molecule has 1 fully saturated rings. The van der Waals surface area contributed by atoms with Crippen molar-refractivity contribution in [1.82, 2.24) is 10.6 Å². The minimum absolute atomic E-state index is 0.300. The third kappa shape index (κ3) is 3.63. The van der Waals surface area contributed by atoms with E-state index in [1.165, 1.54) is 7.11 Å². The number of aliphatic hydroxyl groups excluding tert-OH is 1. The lowest BCUT2D eigenvalue weighted by atomic mass is 9.79. The molecule has 2 atom stereocenters. The number of rotatable bonds is 4. The second-order valence-electron chi connectivity index (χ2n) is 6.14. The van der Waals surface area contributed by atoms with Crippen molar-refractivity contribution in [2.45, 2.75) is 18.1 Å². The predicted molar refractivity (Wildman–Crippen MR) is 97.1 cm³/mol. The van der Waals surface area contributed by atoms with Crippen molar-refractivity contribution in [3.63, 3.8) is 0 Å². The second-order valence-corrected chi connectivity index (χ2v) is 6.58. The number of benzene rings is 2. The molecule has 1 saturated heterocycles. The molecule has 2 aromatic carbocycles. The number of carbonyl (C=O) groups excluding carboxylic acids is 1. The lowest BCUT2D eigenvalue weighted by Crippen LogP contribution is -2.61. The van der Waals surface area contributed by atoms with Gasteiger partial charge in [-0.05, 0) is 36.7 Å². The molecule has 0 bridgehead atoms. The van der Waals surface area contributed by atoms with Gasteiger partial charge in [-0.3, -0.25) is 4.79 Å². The SMILES string of the molecule is COc1cc(Cl)cc(C(=O)N[C@@]2(c3ccccc3)CCNC[C@H]2O)c1. The summed E-state index contributed by atoms with van der Waals surface area (Å²) >= 11 is 6.08. The first-order valence-electron chi connectivity index (χ1n) is 8.16. The van der Waals surface area contributed by atoms with Gasteiger partial charge < -0.3 is 20.5 Å². The maximum Gasteiger partial charge on any atom is 0.252 e. The molecule has 6 heteroatoms. The summed E-state index contributed by atoms with van der Waals surface area (Å²) in [5.41, 5.74) is 0.427. The summed E-state index contributed by atoms with van der Waals surface area (Å²) in [7, 11) is 1.52. The maximum absolute atomic E-state index is 12.9. The van der Waals surface area contributed by atoms with E-state index in [2.05, 4.69) is 10.6 Å². The average Bonchev–Trinajstić information content (AvgIpc) is 2.63. The van der Waals surface area contributed by atoms with E-state index in [0.717, 1.165) is 5.56 Å². The van der Waals surface area contributed by atoms with E-state index in [1.807, 2.05) is 30.3 Å². The number of aliphatic hydroxyl groups is 1. The Morgan fingerprint density at radius 1 is 1.32 bits per heavy atom. The highest BCUT2D eigenvalue weighted by molar-refractivity contribution is 6.31. The molecule has 0 aromatic heterocycles. The fourth-order valence-corrected chi connectivity index (χ4v) is 3.47. The number of β-amino-alcohol motifs (C(OH)–C–C–N with tert-alkyl or cyclic N) is 1. The van der Waals surface area contributed by atoms with Gasteiger partial charge in [-0.2, -0.15) is 0 Å². The molecular formula is C19H21ClN2O3. The Labute approximate surface area is 152 Å². The van der Waals surface area contributed by atoms with Gasteiger partial charge in [0.05, 0.1) is 18.8 Å². The lowest BCUT2D eigenvalue weighted by Gasteiger charge is -2.43. The third-order valence-corrected chi connectivity index (χ3v) is 4.82. The van der Waals surface area contributed by atoms with Gasteiger partial charge in [0.1, 0.15) is 5.75 Å². The molecule has 2 aromatic rings. The summed E-state index contributed by atoms with van der Waals surface area (Å²) in [6.07, 6.45) is -0.157. The number of hydrogen-bond donors (Lipinski definition) is 3. The first kappa shape index (κ1) is 17.7. The van der Waals surface area contributed by atoms with Crippen LogP contribution in [0.25, 0.3) is 0 Å². The van der Waals surface area contributed by atoms with E-state index in [-0.39, 0.29) is 5.91 Å². The standard InChI is InChI=1S/C19H21ClN2O3/c1-25-16-10-13(9-15(20)11-16)18(24)22-19(7-8-21-12-17(19)23)14-5-3-2-4-6-14/h2-6,9-11,17,21,23H,7-8,12H2,1H3,(H,22,24)/t17-,19-/m1/s1. The van der Waals surface area contributed by atoms with Crippen LogP contribution in [0.4, 0.5) is 0 Å². The van der Waals surface area contributed by atoms with Crippen LogP contribution in [0, 0.1) is 0 Å². The molecule has 0 saturated carbocycles. The molecule has 1 amide bonds. The Balaban J connectivity index is 1.96. The normalized spacial score (nSPS) is 23.1. The first-order valence-corrected chi connectivity index (χ1v) is 8.54. The summed E-state index contributed by atoms with van der Waals surface area (Å²) < 4.78 is 5.18. The van der Waals surface area contributed by atoms with Crippen LogP contribution in [-0.4, -0.2) is 37.3 Å². The Bertz CT molecular complexity index is 754. The van der Waals surface area contributed by atoms with Gasteiger partial charge in [-0.1, -0.05) is 41.9 Å². The van der Waals surface area contributed by atoms with Crippen LogP contribution >= 0.6 is 11.6 Å². The number of methoxy groups -OCH3 is 1. The molecule has 1 aliphatic heterocycles. The van der Waals surface area contributed by atoms with Gasteiger partial charge in [-0.25, -0.2) is 0 Å². The fraction of sp³-hybridized carbons (Fsp3) is 0.316. The molecule has 0 radical (unpaired) electrons. The number of halogens is 1. The van der Waals surface area contributed by atoms with E-state index in [1.54, 1.807) is 18.2 Å². The highest BCUT2D eigenvalue weighted by atomic mass is 35.5. The minimum atomic E-state index is -0.848. The summed E-state index contributed by atoms with van der Waals surface area (Å²) in [5.74, 6) is 0.211. The zero-order valence-corrected chi connectivity index (χ0v) is 14.7. The van der Waals surface area contributed by atoms with Gasteiger partial charge in [0.2, 0.25) is 0 Å². The molecule has 3 N–H and O–H groups in total. The molecule has 1 heterocycles. The van der Waals surface area contributed by atoms with E-state index < -0.39 is 11.6 Å². The summed E-state index contributed by atoms with van der Waals surface area (Å²) in [6.45, 7) is 1.11. The Kier molecular flexibility index (Phi) is 5.27. The van der Waals surface area contributed by atoms with Crippen LogP contribution in [0.1, 0.15) is 22.3 Å². The highest BCUT2D eigenvalue weighted by Crippen LogP contribution is 2.32. The van der Waals surface area contributed by atoms with Crippen LogP contribution in [0.5, 0.6) is 5.75 Å². The van der Waals surface area contributed by atoms with Crippen LogP contribution in [0.2, 0.25) is 5.02 Å². The zero-order valence-electron chi connectivity index (χ0n) is 14.0. The summed E-state index contributed by atoms with van der Waals surface area (Å²) in [5, 5.41) is 17.3. The number of piperidine rings is 1. The molecule has 5 nitrogen and oxygen atoms in total. The second kappa shape index (κ2) is 7.44. The maximum atomic E-state index is 12.9. The molecule has 0 unspecified atom stereocenters. The van der Waals surface area contributed by atoms with E-state index in [0.29, 0.717) is 35.8 Å². The molecule has 1 aliphatic rings. The van der Waals surface area contributed by atoms with Gasteiger partial charge in [-0.15, -0.1) is 0 Å². The smallest absolute Gasteiger partial charge is 0.252 e. The number of hydrogen-bond acceptors (Lipinski definition) is 4. The van der Waals surface area contributed by atoms with E-state index in [9.17, 15) is 9.90 Å². The quantitative estimate of drug-likeness (QED) is 0.782. The van der Waals surface area contributed by atoms with E-state index >= 15 is 0 Å². The van der Waals surface area contributed by atoms with E-state index in [4.69, 9.17) is 16.3 Å². The minimum Gasteiger partial charge on any atom is -0.497 e. The highest BCUT2D eigenvalue weighted by Gasteiger charge is 2.42. The van der Waals surface area contributed by atoms with Crippen LogP contribution in [0.15, 0.2) is 48.5 Å². The molecule has 3 rings (SSSR count). The molecule has 132 valence electrons. The van der Waals surface area contributed by atoms with Gasteiger partial charge in [0, 0.05) is 17.1 Å². The lowest BCUT2D eigenvalue weighted by molar-refractivity contribution is 0.0289. The largest absolute Gasteiger partial charge is 0.497 e. The zero-order chi connectivity index (χ0) is 17.9. The van der Waals surface area contributed by atoms with Crippen LogP contribution in [-0.2, 0) is 5.54 Å². The average molecular weight is 361 g/mol. The molecule has 25 heavy (non-hydrogen) atoms. The topological polar surface area (TPSA) is 70.6 Å². The van der Waals surface area contributed by atoms with Gasteiger partial charge >= 0.3 is 0 Å². The van der Waals surface area contributed by atoms with Crippen molar-refractivity contribution in [2.24, 2.45) is 0 Å². The van der Waals surface area contributed by atoms with Crippen molar-refractivity contribution in [2.75, 3.05) is 20.2 Å². The van der Waals surface area contributed by atoms with Crippen molar-refractivity contribution >= 4 is 17.5 Å². The number of amides is 1. The van der Waals surface area contributed by atoms with Crippen LogP contribution in [0.3, 0.4) is 0 Å². The molecular weight excluding hydrogens is 340 g/mol. The summed E-state index contributed by atoms with van der Waals surface area (Å²) in [6, 6.07) is 14.4. The van der Waals surface area contributed by atoms with Crippen molar-refractivity contribution in [3.8, 4) is 5.75 Å². The Morgan fingerprint density at radius 2 is 2.08 bits per heavy atom. The molecule has 0 aliphatic carbocycles. The van der Waals surface area contributed by atoms with Crippen molar-refractivity contribution in [3.05, 3.63) is 64.7 Å². The third-order valence-electron chi connectivity index (χ3n) is 4.60. The number of ether oxygens (including phenoxy) is 1. The predicted octanol–water partition coefficient (Wildman–Crippen LogP) is 2.33. The Morgan fingerprint density at radius 3 is 2.76 bits per heavy atom. The van der Waals surface area contributed by atoms with Crippen LogP contribution < -0.4 is 15.4 Å². The van der Waals surface area contributed by atoms with Gasteiger partial charge in [0.25, 0.3) is 5.91 Å². The Hall–Kier alpha value is -2.08. The first-order chi connectivity index (χ1) is 12.0. The fourth-order valence-electron chi connectivity index (χ4n) is 3.24. The summed E-state index contributed by atoms with van der Waals surface area (Å²) in [4.78, 5) is 12.9. The molecule has 0 spiro atoms. The van der Waals surface area contributed by atoms with Crippen molar-refractivity contribution < 1.29 is 14.6 Å². The van der Waals surface area contributed by atoms with Gasteiger partial charge in [0.15, 0.2) is 0 Å². The number of carbonyl (C=O) groups is 1. The van der Waals surface area contributed by atoms with Crippen molar-refractivity contribution in [1.29, 1.82) is 0 Å². The number of nitrogens with one attached hydrogen (secondary N) is 2. The monoisotopic (exact) mass is 360 g/mol.